The highest BCUT2D eigenvalue weighted by Crippen LogP contribution is 2.05. The van der Waals surface area contributed by atoms with Crippen molar-refractivity contribution in [2.45, 2.75) is 33.6 Å². The predicted molar refractivity (Wildman–Crippen MR) is 52.6 cm³/mol. The van der Waals surface area contributed by atoms with Gasteiger partial charge in [0.25, 0.3) is 0 Å². The topological polar surface area (TPSA) is 0 Å². The average molecular weight is 150 g/mol. The van der Waals surface area contributed by atoms with E-state index in [1.54, 1.807) is 0 Å². The Morgan fingerprint density at radius 1 is 1.36 bits per heavy atom. The molecule has 0 atom stereocenters. The molecule has 0 aromatic rings. The second kappa shape index (κ2) is 5.96. The molecule has 0 unspecified atom stereocenters. The van der Waals surface area contributed by atoms with Crippen molar-refractivity contribution in [3.8, 4) is 0 Å². The van der Waals surface area contributed by atoms with Crippen LogP contribution in [0.25, 0.3) is 0 Å². The van der Waals surface area contributed by atoms with Gasteiger partial charge < -0.3 is 0 Å². The third kappa shape index (κ3) is 5.65. The van der Waals surface area contributed by atoms with Crippen molar-refractivity contribution < 1.29 is 0 Å². The zero-order chi connectivity index (χ0) is 8.69. The maximum absolute atomic E-state index is 3.94. The van der Waals surface area contributed by atoms with Crippen LogP contribution in [0.15, 0.2) is 36.0 Å². The molecule has 62 valence electrons. The predicted octanol–water partition coefficient (Wildman–Crippen LogP) is 3.87. The van der Waals surface area contributed by atoms with Gasteiger partial charge in [-0.15, -0.1) is 0 Å². The zero-order valence-electron chi connectivity index (χ0n) is 7.85. The average Bonchev–Trinajstić information content (AvgIpc) is 2.01. The van der Waals surface area contributed by atoms with E-state index in [1.165, 1.54) is 17.6 Å². The molecular formula is C11H18. The Morgan fingerprint density at radius 3 is 2.45 bits per heavy atom. The lowest BCUT2D eigenvalue weighted by Gasteiger charge is -1.94. The van der Waals surface area contributed by atoms with E-state index < -0.39 is 0 Å². The summed E-state index contributed by atoms with van der Waals surface area (Å²) in [6.07, 6.45) is 8.58. The van der Waals surface area contributed by atoms with Gasteiger partial charge >= 0.3 is 0 Å². The van der Waals surface area contributed by atoms with Crippen LogP contribution in [-0.2, 0) is 0 Å². The fourth-order valence-corrected chi connectivity index (χ4v) is 0.750. The minimum Gasteiger partial charge on any atom is -0.0958 e. The second-order valence-electron chi connectivity index (χ2n) is 2.77. The minimum atomic E-state index is 1.10. The molecule has 11 heavy (non-hydrogen) atoms. The lowest BCUT2D eigenvalue weighted by atomic mass is 10.1. The Labute approximate surface area is 70.3 Å². The maximum atomic E-state index is 3.94. The molecule has 0 aromatic carbocycles. The first-order chi connectivity index (χ1) is 5.20. The highest BCUT2D eigenvalue weighted by molar-refractivity contribution is 5.24. The van der Waals surface area contributed by atoms with E-state index in [2.05, 4.69) is 38.7 Å². The summed E-state index contributed by atoms with van der Waals surface area (Å²) < 4.78 is 0. The SMILES string of the molecule is C=C(/C=C\C(C)=C/C)CCC. The maximum Gasteiger partial charge on any atom is -0.0287 e. The van der Waals surface area contributed by atoms with Crippen LogP contribution in [0.1, 0.15) is 33.6 Å². The van der Waals surface area contributed by atoms with Crippen molar-refractivity contribution in [2.24, 2.45) is 0 Å². The van der Waals surface area contributed by atoms with Gasteiger partial charge in [-0.25, -0.2) is 0 Å². The van der Waals surface area contributed by atoms with Crippen LogP contribution in [-0.4, -0.2) is 0 Å². The lowest BCUT2D eigenvalue weighted by molar-refractivity contribution is 0.929. The summed E-state index contributed by atoms with van der Waals surface area (Å²) in [5.74, 6) is 0. The molecule has 0 heteroatoms. The van der Waals surface area contributed by atoms with Crippen LogP contribution >= 0.6 is 0 Å². The Bertz CT molecular complexity index is 170. The molecule has 0 aliphatic carbocycles. The van der Waals surface area contributed by atoms with Gasteiger partial charge in [0.2, 0.25) is 0 Å². The molecule has 0 bridgehead atoms. The Balaban J connectivity index is 3.83. The first kappa shape index (κ1) is 10.2. The molecule has 0 saturated heterocycles. The van der Waals surface area contributed by atoms with Gasteiger partial charge in [-0.3, -0.25) is 0 Å². The fraction of sp³-hybridized carbons (Fsp3) is 0.455. The molecular weight excluding hydrogens is 132 g/mol. The van der Waals surface area contributed by atoms with Crippen LogP contribution in [0, 0.1) is 0 Å². The largest absolute Gasteiger partial charge is 0.0958 e. The van der Waals surface area contributed by atoms with Crippen molar-refractivity contribution >= 4 is 0 Å². The van der Waals surface area contributed by atoms with E-state index in [9.17, 15) is 0 Å². The fourth-order valence-electron chi connectivity index (χ4n) is 0.750. The molecule has 0 N–H and O–H groups in total. The Morgan fingerprint density at radius 2 is 2.00 bits per heavy atom. The summed E-state index contributed by atoms with van der Waals surface area (Å²) in [4.78, 5) is 0. The van der Waals surface area contributed by atoms with Crippen molar-refractivity contribution in [3.63, 3.8) is 0 Å². The molecule has 0 spiro atoms. The summed E-state index contributed by atoms with van der Waals surface area (Å²) in [6, 6.07) is 0. The molecule has 0 radical (unpaired) electrons. The standard InChI is InChI=1S/C11H18/c1-5-7-11(4)9-8-10(3)6-2/h6,8-9H,4-5,7H2,1-3H3/b9-8-,10-6-. The zero-order valence-corrected chi connectivity index (χ0v) is 7.85. The van der Waals surface area contributed by atoms with E-state index in [0.29, 0.717) is 0 Å². The quantitative estimate of drug-likeness (QED) is 0.534. The lowest BCUT2D eigenvalue weighted by Crippen LogP contribution is -1.74. The normalized spacial score (nSPS) is 12.5. The first-order valence-corrected chi connectivity index (χ1v) is 4.19. The molecule has 0 aliphatic heterocycles. The third-order valence-electron chi connectivity index (χ3n) is 1.61. The highest BCUT2D eigenvalue weighted by Gasteiger charge is 1.84. The van der Waals surface area contributed by atoms with Crippen molar-refractivity contribution in [1.82, 2.24) is 0 Å². The second-order valence-corrected chi connectivity index (χ2v) is 2.77. The summed E-state index contributed by atoms with van der Waals surface area (Å²) >= 11 is 0. The van der Waals surface area contributed by atoms with Crippen LogP contribution < -0.4 is 0 Å². The smallest absolute Gasteiger partial charge is 0.0287 e. The molecule has 0 amide bonds. The van der Waals surface area contributed by atoms with E-state index >= 15 is 0 Å². The molecule has 0 aromatic heterocycles. The van der Waals surface area contributed by atoms with Gasteiger partial charge in [0.05, 0.1) is 0 Å². The van der Waals surface area contributed by atoms with Gasteiger partial charge in [0, 0.05) is 0 Å². The third-order valence-corrected chi connectivity index (χ3v) is 1.61. The molecule has 0 aliphatic rings. The number of rotatable bonds is 4. The summed E-state index contributed by atoms with van der Waals surface area (Å²) in [7, 11) is 0. The molecule has 0 fully saturated rings. The Hall–Kier alpha value is -0.780. The highest BCUT2D eigenvalue weighted by atomic mass is 13.9. The van der Waals surface area contributed by atoms with E-state index in [1.807, 2.05) is 6.92 Å². The monoisotopic (exact) mass is 150 g/mol. The number of hydrogen-bond acceptors (Lipinski definition) is 0. The molecule has 0 saturated carbocycles. The minimum absolute atomic E-state index is 1.10. The molecule has 0 heterocycles. The van der Waals surface area contributed by atoms with Crippen LogP contribution in [0.5, 0.6) is 0 Å². The van der Waals surface area contributed by atoms with Crippen LogP contribution in [0.3, 0.4) is 0 Å². The van der Waals surface area contributed by atoms with Crippen LogP contribution in [0.2, 0.25) is 0 Å². The number of hydrogen-bond donors (Lipinski definition) is 0. The number of allylic oxidation sites excluding steroid dienone is 5. The van der Waals surface area contributed by atoms with E-state index in [4.69, 9.17) is 0 Å². The molecule has 0 nitrogen and oxygen atoms in total. The van der Waals surface area contributed by atoms with Crippen molar-refractivity contribution in [1.29, 1.82) is 0 Å². The summed E-state index contributed by atoms with van der Waals surface area (Å²) in [5.41, 5.74) is 2.51. The molecule has 0 rings (SSSR count). The van der Waals surface area contributed by atoms with Crippen molar-refractivity contribution in [2.75, 3.05) is 0 Å². The van der Waals surface area contributed by atoms with Gasteiger partial charge in [0.15, 0.2) is 0 Å². The van der Waals surface area contributed by atoms with E-state index in [-0.39, 0.29) is 0 Å². The summed E-state index contributed by atoms with van der Waals surface area (Å²) in [5, 5.41) is 0. The first-order valence-electron chi connectivity index (χ1n) is 4.19. The van der Waals surface area contributed by atoms with Gasteiger partial charge in [-0.2, -0.15) is 0 Å². The van der Waals surface area contributed by atoms with E-state index in [0.717, 1.165) is 6.42 Å². The van der Waals surface area contributed by atoms with Crippen molar-refractivity contribution in [3.05, 3.63) is 36.0 Å². The Kier molecular flexibility index (Phi) is 5.54. The van der Waals surface area contributed by atoms with Crippen LogP contribution in [0.4, 0.5) is 0 Å². The van der Waals surface area contributed by atoms with Gasteiger partial charge in [-0.05, 0) is 20.3 Å². The van der Waals surface area contributed by atoms with Gasteiger partial charge in [-0.1, -0.05) is 49.3 Å². The van der Waals surface area contributed by atoms with Gasteiger partial charge in [0.1, 0.15) is 0 Å². The summed E-state index contributed by atoms with van der Waals surface area (Å²) in [6.45, 7) is 10.2.